The maximum atomic E-state index is 11.5. The molecule has 0 radical (unpaired) electrons. The largest absolute Gasteiger partial charge is 0.460 e. The van der Waals surface area contributed by atoms with Crippen molar-refractivity contribution in [2.24, 2.45) is 5.92 Å². The summed E-state index contributed by atoms with van der Waals surface area (Å²) in [5, 5.41) is 9.66. The first-order valence-electron chi connectivity index (χ1n) is 8.15. The van der Waals surface area contributed by atoms with Crippen molar-refractivity contribution >= 4 is 5.97 Å². The second kappa shape index (κ2) is 6.17. The number of ether oxygens (including phenoxy) is 1. The third-order valence-corrected chi connectivity index (χ3v) is 5.14. The number of esters is 1. The highest BCUT2D eigenvalue weighted by atomic mass is 16.5. The van der Waals surface area contributed by atoms with Crippen LogP contribution in [0.25, 0.3) is 0 Å². The van der Waals surface area contributed by atoms with Gasteiger partial charge in [-0.25, -0.2) is 0 Å². The molecule has 0 saturated carbocycles. The molecule has 1 fully saturated rings. The monoisotopic (exact) mass is 310 g/mol. The summed E-state index contributed by atoms with van der Waals surface area (Å²) < 4.78 is 5.54. The zero-order valence-electron chi connectivity index (χ0n) is 13.7. The lowest BCUT2D eigenvalue weighted by Gasteiger charge is -2.54. The van der Waals surface area contributed by atoms with Gasteiger partial charge in [0.1, 0.15) is 6.10 Å². The molecule has 2 heterocycles. The van der Waals surface area contributed by atoms with Gasteiger partial charge >= 0.3 is 5.97 Å². The van der Waals surface area contributed by atoms with Crippen LogP contribution in [0.4, 0.5) is 0 Å². The van der Waals surface area contributed by atoms with Gasteiger partial charge in [0, 0.05) is 25.6 Å². The van der Waals surface area contributed by atoms with E-state index in [2.05, 4.69) is 29.2 Å². The van der Waals surface area contributed by atoms with Gasteiger partial charge < -0.3 is 4.74 Å². The molecular weight excluding hydrogens is 288 g/mol. The molecule has 1 aromatic carbocycles. The maximum Gasteiger partial charge on any atom is 0.302 e. The Balaban J connectivity index is 1.96. The van der Waals surface area contributed by atoms with Gasteiger partial charge in [-0.3, -0.25) is 9.69 Å². The summed E-state index contributed by atoms with van der Waals surface area (Å²) in [4.78, 5) is 13.8. The number of carbonyl (C=O) groups is 1. The summed E-state index contributed by atoms with van der Waals surface area (Å²) in [5.41, 5.74) is 1.47. The van der Waals surface area contributed by atoms with E-state index < -0.39 is 5.54 Å². The average Bonchev–Trinajstić information content (AvgIpc) is 2.55. The molecule has 2 aliphatic heterocycles. The number of carbonyl (C=O) groups excluding carboxylic acids is 1. The molecule has 1 aliphatic carbocycles. The maximum absolute atomic E-state index is 11.5. The van der Waals surface area contributed by atoms with Crippen LogP contribution in [0.3, 0.4) is 0 Å². The molecule has 23 heavy (non-hydrogen) atoms. The second-order valence-electron chi connectivity index (χ2n) is 6.53. The van der Waals surface area contributed by atoms with Crippen molar-refractivity contribution in [2.45, 2.75) is 44.9 Å². The lowest BCUT2D eigenvalue weighted by Crippen LogP contribution is -2.63. The molecule has 0 N–H and O–H groups in total. The van der Waals surface area contributed by atoms with Gasteiger partial charge in [0.05, 0.1) is 11.6 Å². The second-order valence-corrected chi connectivity index (χ2v) is 6.53. The summed E-state index contributed by atoms with van der Waals surface area (Å²) >= 11 is 0. The highest BCUT2D eigenvalue weighted by molar-refractivity contribution is 5.66. The Morgan fingerprint density at radius 1 is 1.48 bits per heavy atom. The number of nitriles is 1. The Morgan fingerprint density at radius 2 is 2.22 bits per heavy atom. The third kappa shape index (κ3) is 2.77. The van der Waals surface area contributed by atoms with Gasteiger partial charge in [0.25, 0.3) is 0 Å². The number of fused-ring (bicyclic) bond motifs is 2. The van der Waals surface area contributed by atoms with Gasteiger partial charge in [-0.2, -0.15) is 5.26 Å². The fourth-order valence-corrected chi connectivity index (χ4v) is 4.09. The average molecular weight is 310 g/mol. The normalized spacial score (nSPS) is 27.9. The Kier molecular flexibility index (Phi) is 4.23. The molecule has 0 spiro atoms. The summed E-state index contributed by atoms with van der Waals surface area (Å²) in [6.07, 6.45) is 3.65. The van der Waals surface area contributed by atoms with Gasteiger partial charge in [-0.05, 0) is 31.2 Å². The minimum Gasteiger partial charge on any atom is -0.460 e. The van der Waals surface area contributed by atoms with Crippen molar-refractivity contribution in [3.8, 4) is 6.07 Å². The van der Waals surface area contributed by atoms with E-state index >= 15 is 0 Å². The van der Waals surface area contributed by atoms with E-state index in [0.717, 1.165) is 31.5 Å². The zero-order chi connectivity index (χ0) is 16.4. The predicted molar refractivity (Wildman–Crippen MR) is 87.2 cm³/mol. The highest BCUT2D eigenvalue weighted by Gasteiger charge is 2.53. The summed E-state index contributed by atoms with van der Waals surface area (Å²) in [6.45, 7) is 5.02. The fourth-order valence-electron chi connectivity index (χ4n) is 4.09. The Bertz CT molecular complexity index is 662. The molecule has 1 aromatic rings. The summed E-state index contributed by atoms with van der Waals surface area (Å²) in [6, 6.07) is 12.6. The van der Waals surface area contributed by atoms with Crippen molar-refractivity contribution in [3.05, 3.63) is 47.5 Å². The number of rotatable bonds is 4. The van der Waals surface area contributed by atoms with E-state index in [1.807, 2.05) is 25.1 Å². The first-order chi connectivity index (χ1) is 11.1. The molecule has 0 aromatic heterocycles. The van der Waals surface area contributed by atoms with Crippen molar-refractivity contribution in [3.63, 3.8) is 0 Å². The van der Waals surface area contributed by atoms with Crippen molar-refractivity contribution in [1.82, 2.24) is 4.90 Å². The van der Waals surface area contributed by atoms with E-state index in [4.69, 9.17) is 4.74 Å². The number of hydrogen-bond acceptors (Lipinski definition) is 4. The van der Waals surface area contributed by atoms with Crippen molar-refractivity contribution in [1.29, 1.82) is 5.26 Å². The molecule has 2 bridgehead atoms. The Morgan fingerprint density at radius 3 is 2.87 bits per heavy atom. The quantitative estimate of drug-likeness (QED) is 0.802. The standard InChI is InChI=1S/C19H22N2O2/c1-14(23-15(2)22)19-9-8-17(10-18(19)11-20)13-21(19)12-16-6-4-3-5-7-16/h3-7,10,14,17H,8-9,12-13H2,1-2H3/t14-,17-,19+/m1/s1. The van der Waals surface area contributed by atoms with E-state index in [0.29, 0.717) is 5.92 Å². The molecule has 4 rings (SSSR count). The van der Waals surface area contributed by atoms with Crippen LogP contribution in [0.1, 0.15) is 32.3 Å². The SMILES string of the molecule is CC(=O)O[C@H](C)[C@@]12CC[C@H](C=C1C#N)CN2Cc1ccccc1. The van der Waals surface area contributed by atoms with Gasteiger partial charge in [-0.1, -0.05) is 36.4 Å². The van der Waals surface area contributed by atoms with Crippen molar-refractivity contribution in [2.75, 3.05) is 6.54 Å². The third-order valence-electron chi connectivity index (χ3n) is 5.14. The predicted octanol–water partition coefficient (Wildman–Crippen LogP) is 3.05. The van der Waals surface area contributed by atoms with E-state index in [-0.39, 0.29) is 12.1 Å². The number of piperidine rings is 1. The first-order valence-corrected chi connectivity index (χ1v) is 8.15. The first kappa shape index (κ1) is 15.8. The highest BCUT2D eigenvalue weighted by Crippen LogP contribution is 2.46. The van der Waals surface area contributed by atoms with Crippen LogP contribution >= 0.6 is 0 Å². The molecular formula is C19H22N2O2. The molecule has 4 nitrogen and oxygen atoms in total. The van der Waals surface area contributed by atoms with Crippen LogP contribution in [-0.4, -0.2) is 29.1 Å². The Hall–Kier alpha value is -2.12. The smallest absolute Gasteiger partial charge is 0.302 e. The number of hydrogen-bond donors (Lipinski definition) is 0. The van der Waals surface area contributed by atoms with Crippen LogP contribution < -0.4 is 0 Å². The van der Waals surface area contributed by atoms with Gasteiger partial charge in [0.2, 0.25) is 0 Å². The number of benzene rings is 1. The summed E-state index contributed by atoms with van der Waals surface area (Å²) in [5.74, 6) is 0.122. The lowest BCUT2D eigenvalue weighted by molar-refractivity contribution is -0.155. The number of nitrogens with zero attached hydrogens (tertiary/aromatic N) is 2. The van der Waals surface area contributed by atoms with Crippen LogP contribution in [0.5, 0.6) is 0 Å². The molecule has 0 unspecified atom stereocenters. The zero-order valence-corrected chi connectivity index (χ0v) is 13.7. The molecule has 3 atom stereocenters. The minimum atomic E-state index is -0.495. The van der Waals surface area contributed by atoms with E-state index in [1.54, 1.807) is 0 Å². The van der Waals surface area contributed by atoms with E-state index in [1.165, 1.54) is 12.5 Å². The fraction of sp³-hybridized carbons (Fsp3) is 0.474. The van der Waals surface area contributed by atoms with Gasteiger partial charge in [0.15, 0.2) is 0 Å². The van der Waals surface area contributed by atoms with Crippen LogP contribution in [-0.2, 0) is 16.1 Å². The van der Waals surface area contributed by atoms with Crippen LogP contribution in [0.2, 0.25) is 0 Å². The minimum absolute atomic E-state index is 0.295. The van der Waals surface area contributed by atoms with E-state index in [9.17, 15) is 10.1 Å². The van der Waals surface area contributed by atoms with Gasteiger partial charge in [-0.15, -0.1) is 0 Å². The lowest BCUT2D eigenvalue weighted by atomic mass is 9.68. The van der Waals surface area contributed by atoms with Crippen molar-refractivity contribution < 1.29 is 9.53 Å². The van der Waals surface area contributed by atoms with Crippen LogP contribution in [0, 0.1) is 17.2 Å². The Labute approximate surface area is 137 Å². The molecule has 120 valence electrons. The molecule has 4 heteroatoms. The topological polar surface area (TPSA) is 53.3 Å². The molecule has 3 aliphatic rings. The molecule has 0 amide bonds. The van der Waals surface area contributed by atoms with Crippen LogP contribution in [0.15, 0.2) is 42.0 Å². The summed E-state index contributed by atoms with van der Waals surface area (Å²) in [7, 11) is 0. The molecule has 1 saturated heterocycles.